The highest BCUT2D eigenvalue weighted by Gasteiger charge is 2.28. The molecular weight excluding hydrogens is 234 g/mol. The second-order valence-electron chi connectivity index (χ2n) is 3.99. The van der Waals surface area contributed by atoms with E-state index in [2.05, 4.69) is 5.32 Å². The van der Waals surface area contributed by atoms with Crippen molar-refractivity contribution >= 4 is 11.9 Å². The Kier molecular flexibility index (Phi) is 3.47. The van der Waals surface area contributed by atoms with Crippen molar-refractivity contribution < 1.29 is 14.3 Å². The molecule has 6 nitrogen and oxygen atoms in total. The van der Waals surface area contributed by atoms with Crippen LogP contribution < -0.4 is 15.8 Å². The van der Waals surface area contributed by atoms with E-state index in [1.165, 1.54) is 4.90 Å². The lowest BCUT2D eigenvalue weighted by atomic mass is 10.1. The van der Waals surface area contributed by atoms with E-state index in [-0.39, 0.29) is 25.0 Å². The molecule has 0 radical (unpaired) electrons. The predicted octanol–water partition coefficient (Wildman–Crippen LogP) is 0.206. The van der Waals surface area contributed by atoms with Gasteiger partial charge < -0.3 is 15.8 Å². The number of nitrogens with zero attached hydrogens (tertiary/aromatic N) is 1. The molecule has 3 N–H and O–H groups in total. The normalized spacial score (nSPS) is 14.9. The quantitative estimate of drug-likeness (QED) is 0.747. The number of methoxy groups -OCH3 is 1. The summed E-state index contributed by atoms with van der Waals surface area (Å²) >= 11 is 0. The van der Waals surface area contributed by atoms with Gasteiger partial charge in [0.15, 0.2) is 0 Å². The van der Waals surface area contributed by atoms with Gasteiger partial charge in [-0.1, -0.05) is 6.07 Å². The number of hydrogen-bond acceptors (Lipinski definition) is 4. The average Bonchev–Trinajstić information content (AvgIpc) is 2.70. The van der Waals surface area contributed by atoms with Gasteiger partial charge in [0.2, 0.25) is 5.91 Å². The van der Waals surface area contributed by atoms with Gasteiger partial charge in [-0.2, -0.15) is 0 Å². The van der Waals surface area contributed by atoms with Crippen LogP contribution in [0, 0.1) is 0 Å². The number of imide groups is 1. The van der Waals surface area contributed by atoms with Gasteiger partial charge in [-0.15, -0.1) is 0 Å². The van der Waals surface area contributed by atoms with Gasteiger partial charge in [-0.25, -0.2) is 4.79 Å². The van der Waals surface area contributed by atoms with E-state index in [4.69, 9.17) is 10.5 Å². The summed E-state index contributed by atoms with van der Waals surface area (Å²) in [5, 5.41) is 2.48. The maximum atomic E-state index is 11.5. The smallest absolute Gasteiger partial charge is 0.324 e. The third kappa shape index (κ3) is 2.28. The van der Waals surface area contributed by atoms with E-state index in [0.717, 1.165) is 11.1 Å². The lowest BCUT2D eigenvalue weighted by Gasteiger charge is -2.14. The van der Waals surface area contributed by atoms with E-state index in [1.807, 2.05) is 12.1 Å². The topological polar surface area (TPSA) is 84.7 Å². The molecule has 0 saturated carbocycles. The van der Waals surface area contributed by atoms with Crippen molar-refractivity contribution in [2.24, 2.45) is 5.73 Å². The summed E-state index contributed by atoms with van der Waals surface area (Å²) in [6, 6.07) is 5.09. The zero-order chi connectivity index (χ0) is 13.1. The Hall–Kier alpha value is -2.08. The molecular formula is C12H15N3O3. The highest BCUT2D eigenvalue weighted by atomic mass is 16.5. The molecule has 1 aliphatic rings. The van der Waals surface area contributed by atoms with Gasteiger partial charge in [0.05, 0.1) is 20.2 Å². The maximum Gasteiger partial charge on any atom is 0.324 e. The van der Waals surface area contributed by atoms with Gasteiger partial charge in [0, 0.05) is 12.1 Å². The van der Waals surface area contributed by atoms with Crippen LogP contribution in [0.25, 0.3) is 0 Å². The molecule has 0 aromatic heterocycles. The van der Waals surface area contributed by atoms with Crippen molar-refractivity contribution in [3.63, 3.8) is 0 Å². The van der Waals surface area contributed by atoms with E-state index >= 15 is 0 Å². The first-order valence-corrected chi connectivity index (χ1v) is 5.59. The Morgan fingerprint density at radius 3 is 2.78 bits per heavy atom. The van der Waals surface area contributed by atoms with E-state index < -0.39 is 0 Å². The minimum atomic E-state index is -0.356. The van der Waals surface area contributed by atoms with Crippen LogP contribution >= 0.6 is 0 Å². The summed E-state index contributed by atoms with van der Waals surface area (Å²) in [5.41, 5.74) is 7.32. The van der Waals surface area contributed by atoms with Crippen LogP contribution in [0.15, 0.2) is 18.2 Å². The minimum Gasteiger partial charge on any atom is -0.496 e. The van der Waals surface area contributed by atoms with E-state index in [0.29, 0.717) is 12.3 Å². The van der Waals surface area contributed by atoms with Crippen LogP contribution in [0.5, 0.6) is 5.75 Å². The highest BCUT2D eigenvalue weighted by molar-refractivity contribution is 6.01. The van der Waals surface area contributed by atoms with Crippen LogP contribution in [0.2, 0.25) is 0 Å². The largest absolute Gasteiger partial charge is 0.496 e. The fraction of sp³-hybridized carbons (Fsp3) is 0.333. The van der Waals surface area contributed by atoms with Crippen molar-refractivity contribution in [2.45, 2.75) is 13.1 Å². The number of urea groups is 1. The number of hydrogen-bond donors (Lipinski definition) is 2. The molecule has 1 saturated heterocycles. The zero-order valence-corrected chi connectivity index (χ0v) is 10.1. The fourth-order valence-electron chi connectivity index (χ4n) is 1.89. The van der Waals surface area contributed by atoms with Crippen molar-refractivity contribution in [3.8, 4) is 5.75 Å². The fourth-order valence-corrected chi connectivity index (χ4v) is 1.89. The number of nitrogens with one attached hydrogen (secondary N) is 1. The maximum absolute atomic E-state index is 11.5. The molecule has 0 bridgehead atoms. The van der Waals surface area contributed by atoms with Crippen molar-refractivity contribution in [1.82, 2.24) is 10.2 Å². The summed E-state index contributed by atoms with van der Waals surface area (Å²) in [5.74, 6) is 0.489. The number of ether oxygens (including phenoxy) is 1. The Bertz CT molecular complexity index is 471. The summed E-state index contributed by atoms with van der Waals surface area (Å²) in [4.78, 5) is 24.1. The van der Waals surface area contributed by atoms with E-state index in [1.54, 1.807) is 13.2 Å². The molecule has 0 unspecified atom stereocenters. The molecule has 0 atom stereocenters. The molecule has 6 heteroatoms. The molecule has 0 aliphatic carbocycles. The first kappa shape index (κ1) is 12.4. The zero-order valence-electron chi connectivity index (χ0n) is 10.1. The molecule has 0 spiro atoms. The second kappa shape index (κ2) is 5.05. The van der Waals surface area contributed by atoms with Crippen molar-refractivity contribution in [1.29, 1.82) is 0 Å². The molecule has 2 rings (SSSR count). The molecule has 1 aliphatic heterocycles. The molecule has 1 heterocycles. The van der Waals surface area contributed by atoms with Crippen LogP contribution in [0.4, 0.5) is 4.79 Å². The molecule has 1 fully saturated rings. The molecule has 3 amide bonds. The van der Waals surface area contributed by atoms with Crippen LogP contribution in [-0.4, -0.2) is 30.5 Å². The Morgan fingerprint density at radius 2 is 2.22 bits per heavy atom. The second-order valence-corrected chi connectivity index (χ2v) is 3.99. The number of carbonyl (C=O) groups excluding carboxylic acids is 2. The lowest BCUT2D eigenvalue weighted by molar-refractivity contribution is -0.125. The Balaban J connectivity index is 2.19. The predicted molar refractivity (Wildman–Crippen MR) is 64.8 cm³/mol. The highest BCUT2D eigenvalue weighted by Crippen LogP contribution is 2.20. The number of nitrogens with two attached hydrogens (primary N) is 1. The van der Waals surface area contributed by atoms with Crippen LogP contribution in [0.1, 0.15) is 11.1 Å². The van der Waals surface area contributed by atoms with Crippen molar-refractivity contribution in [2.75, 3.05) is 13.7 Å². The SMILES string of the molecule is COc1ccc(CN2C(=O)CNC2=O)cc1CN. The number of rotatable bonds is 4. The standard InChI is InChI=1S/C12H15N3O3/c1-18-10-3-2-8(4-9(10)5-13)7-15-11(16)6-14-12(15)17/h2-4H,5-7,13H2,1H3,(H,14,17). The van der Waals surface area contributed by atoms with Gasteiger partial charge in [-0.05, 0) is 17.7 Å². The third-order valence-electron chi connectivity index (χ3n) is 2.84. The van der Waals surface area contributed by atoms with Crippen LogP contribution in [0.3, 0.4) is 0 Å². The number of benzene rings is 1. The molecule has 1 aromatic rings. The summed E-state index contributed by atoms with van der Waals surface area (Å²) in [6.45, 7) is 0.664. The molecule has 18 heavy (non-hydrogen) atoms. The van der Waals surface area contributed by atoms with E-state index in [9.17, 15) is 9.59 Å². The van der Waals surface area contributed by atoms with Gasteiger partial charge >= 0.3 is 6.03 Å². The van der Waals surface area contributed by atoms with Gasteiger partial charge in [0.1, 0.15) is 5.75 Å². The summed E-state index contributed by atoms with van der Waals surface area (Å²) in [6.07, 6.45) is 0. The Labute approximate surface area is 105 Å². The lowest BCUT2D eigenvalue weighted by Crippen LogP contribution is -2.30. The van der Waals surface area contributed by atoms with Crippen molar-refractivity contribution in [3.05, 3.63) is 29.3 Å². The summed E-state index contributed by atoms with van der Waals surface area (Å²) in [7, 11) is 1.58. The number of carbonyl (C=O) groups is 2. The summed E-state index contributed by atoms with van der Waals surface area (Å²) < 4.78 is 5.16. The first-order valence-electron chi connectivity index (χ1n) is 5.59. The monoisotopic (exact) mass is 249 g/mol. The number of amides is 3. The average molecular weight is 249 g/mol. The first-order chi connectivity index (χ1) is 8.65. The Morgan fingerprint density at radius 1 is 1.44 bits per heavy atom. The van der Waals surface area contributed by atoms with Gasteiger partial charge in [0.25, 0.3) is 0 Å². The third-order valence-corrected chi connectivity index (χ3v) is 2.84. The molecule has 96 valence electrons. The minimum absolute atomic E-state index is 0.0682. The van der Waals surface area contributed by atoms with Gasteiger partial charge in [-0.3, -0.25) is 9.69 Å². The van der Waals surface area contributed by atoms with Crippen LogP contribution in [-0.2, 0) is 17.9 Å². The molecule has 1 aromatic carbocycles.